The van der Waals surface area contributed by atoms with Crippen molar-refractivity contribution < 1.29 is 25.8 Å². The van der Waals surface area contributed by atoms with Crippen molar-refractivity contribution >= 4 is 28.8 Å². The molecule has 0 spiro atoms. The second kappa shape index (κ2) is 19.3. The fourth-order valence-corrected chi connectivity index (χ4v) is 11.2. The summed E-state index contributed by atoms with van der Waals surface area (Å²) in [5.74, 6) is 1.15. The molecule has 0 fully saturated rings. The number of fused-ring (bicyclic) bond motifs is 2. The zero-order valence-corrected chi connectivity index (χ0v) is 44.4. The Morgan fingerprint density at radius 1 is 0.529 bits per heavy atom. The summed E-state index contributed by atoms with van der Waals surface area (Å²) < 4.78 is 7.01. The van der Waals surface area contributed by atoms with E-state index in [1.165, 1.54) is 37.6 Å². The van der Waals surface area contributed by atoms with Crippen molar-refractivity contribution in [3.05, 3.63) is 245 Å². The van der Waals surface area contributed by atoms with Gasteiger partial charge in [-0.3, -0.25) is 4.98 Å². The maximum Gasteiger partial charge on any atom is 2.00 e. The number of hydrogen-bond acceptors (Lipinski definition) is 5. The molecule has 0 radical (unpaired) electrons. The summed E-state index contributed by atoms with van der Waals surface area (Å²) in [7, 11) is 0. The molecule has 0 N–H and O–H groups in total. The zero-order chi connectivity index (χ0) is 48.1. The first kappa shape index (κ1) is 48.5. The van der Waals surface area contributed by atoms with E-state index in [0.29, 0.717) is 11.5 Å². The Bertz CT molecular complexity index is 3210. The number of pyridine rings is 2. The maximum atomic E-state index is 7.01. The molecule has 0 bridgehead atoms. The van der Waals surface area contributed by atoms with Gasteiger partial charge in [-0.1, -0.05) is 161 Å². The molecule has 2 aromatic heterocycles. The van der Waals surface area contributed by atoms with Gasteiger partial charge >= 0.3 is 21.1 Å². The second-order valence-electron chi connectivity index (χ2n) is 20.3. The molecule has 0 aliphatic carbocycles. The van der Waals surface area contributed by atoms with Gasteiger partial charge in [0, 0.05) is 50.7 Å². The molecule has 6 heteroatoms. The summed E-state index contributed by atoms with van der Waals surface area (Å²) in [4.78, 5) is 14.8. The number of benzene rings is 7. The van der Waals surface area contributed by atoms with Gasteiger partial charge in [0.1, 0.15) is 0 Å². The van der Waals surface area contributed by atoms with Crippen LogP contribution in [-0.4, -0.2) is 9.97 Å². The Balaban J connectivity index is 0.00000608. The Labute approximate surface area is 433 Å². The molecule has 0 amide bonds. The summed E-state index contributed by atoms with van der Waals surface area (Å²) in [5, 5.41) is 0. The van der Waals surface area contributed by atoms with Crippen LogP contribution in [0.3, 0.4) is 0 Å². The molecule has 0 saturated carbocycles. The van der Waals surface area contributed by atoms with Gasteiger partial charge in [-0.25, -0.2) is 0 Å². The van der Waals surface area contributed by atoms with Crippen LogP contribution < -0.4 is 9.64 Å². The third-order valence-corrected chi connectivity index (χ3v) is 14.5. The Morgan fingerprint density at radius 3 is 1.69 bits per heavy atom. The van der Waals surface area contributed by atoms with Gasteiger partial charge in [0.2, 0.25) is 0 Å². The summed E-state index contributed by atoms with van der Waals surface area (Å²) in [6.45, 7) is 20.0. The van der Waals surface area contributed by atoms with E-state index >= 15 is 0 Å². The number of rotatable bonds is 9. The molecule has 350 valence electrons. The van der Waals surface area contributed by atoms with Crippen LogP contribution in [0, 0.1) is 32.9 Å². The van der Waals surface area contributed by atoms with Gasteiger partial charge in [-0.15, -0.1) is 29.3 Å². The predicted molar refractivity (Wildman–Crippen MR) is 286 cm³/mol. The molecular formula is C64H57N3OPtS. The van der Waals surface area contributed by atoms with E-state index in [4.69, 9.17) is 14.7 Å². The number of hydrogen-bond donors (Lipinski definition) is 0. The van der Waals surface area contributed by atoms with Crippen LogP contribution in [0.5, 0.6) is 11.5 Å². The van der Waals surface area contributed by atoms with Gasteiger partial charge in [0.05, 0.1) is 11.1 Å². The largest absolute Gasteiger partial charge is 2.00 e. The van der Waals surface area contributed by atoms with Crippen molar-refractivity contribution in [1.82, 2.24) is 9.97 Å². The first-order valence-electron chi connectivity index (χ1n) is 23.8. The predicted octanol–water partition coefficient (Wildman–Crippen LogP) is 17.0. The van der Waals surface area contributed by atoms with Gasteiger partial charge in [0.25, 0.3) is 0 Å². The van der Waals surface area contributed by atoms with Crippen LogP contribution in [0.4, 0.5) is 17.1 Å². The van der Waals surface area contributed by atoms with E-state index in [0.717, 1.165) is 61.8 Å². The molecule has 4 nitrogen and oxygen atoms in total. The summed E-state index contributed by atoms with van der Waals surface area (Å²) in [5.41, 5.74) is 16.6. The molecule has 9 aromatic rings. The number of aromatic nitrogens is 2. The summed E-state index contributed by atoms with van der Waals surface area (Å²) in [6.07, 6.45) is 3.79. The number of aryl methyl sites for hydroxylation is 3. The summed E-state index contributed by atoms with van der Waals surface area (Å²) in [6, 6.07) is 68.2. The quantitative estimate of drug-likeness (QED) is 0.135. The van der Waals surface area contributed by atoms with Crippen LogP contribution in [0.15, 0.2) is 192 Å². The smallest absolute Gasteiger partial charge is 0.503 e. The van der Waals surface area contributed by atoms with Crippen LogP contribution in [-0.2, 0) is 37.3 Å². The van der Waals surface area contributed by atoms with Crippen molar-refractivity contribution in [3.63, 3.8) is 0 Å². The SMILES string of the molecule is Cc1cc(C)c(-c2cc(Oc3[c-]c(C4(c5ccccn5)c5ccccc5Sc5ccccc54)ccc3)[c-]c(-c3cc(N(c4ccc(C(C)(C)C)cc4)c4ccc(C(C)(C)C)cc4)ccn3)c2)c(C)c1.[Pt+2]. The Kier molecular flexibility index (Phi) is 13.4. The fraction of sp³-hybridized carbons (Fsp3) is 0.188. The van der Waals surface area contributed by atoms with Crippen molar-refractivity contribution in [2.75, 3.05) is 4.90 Å². The minimum atomic E-state index is -0.748. The van der Waals surface area contributed by atoms with Gasteiger partial charge in [0.15, 0.2) is 0 Å². The van der Waals surface area contributed by atoms with E-state index < -0.39 is 5.41 Å². The first-order valence-corrected chi connectivity index (χ1v) is 24.6. The average Bonchev–Trinajstić information content (AvgIpc) is 3.33. The summed E-state index contributed by atoms with van der Waals surface area (Å²) >= 11 is 1.80. The maximum absolute atomic E-state index is 7.01. The van der Waals surface area contributed by atoms with Crippen molar-refractivity contribution in [3.8, 4) is 33.9 Å². The third kappa shape index (κ3) is 9.30. The van der Waals surface area contributed by atoms with Crippen LogP contribution in [0.1, 0.15) is 91.7 Å². The molecule has 70 heavy (non-hydrogen) atoms. The van der Waals surface area contributed by atoms with Crippen molar-refractivity contribution in [2.24, 2.45) is 0 Å². The molecule has 1 aliphatic rings. The van der Waals surface area contributed by atoms with Gasteiger partial charge in [-0.2, -0.15) is 12.1 Å². The third-order valence-electron chi connectivity index (χ3n) is 13.3. The zero-order valence-electron chi connectivity index (χ0n) is 41.3. The van der Waals surface area contributed by atoms with Gasteiger partial charge in [-0.05, 0) is 131 Å². The van der Waals surface area contributed by atoms with Crippen LogP contribution >= 0.6 is 11.8 Å². The molecular weight excluding hydrogens is 1050 g/mol. The number of anilines is 3. The molecule has 0 unspecified atom stereocenters. The van der Waals surface area contributed by atoms with Crippen molar-refractivity contribution in [2.45, 2.75) is 88.3 Å². The first-order chi connectivity index (χ1) is 33.2. The van der Waals surface area contributed by atoms with E-state index in [9.17, 15) is 0 Å². The van der Waals surface area contributed by atoms with E-state index in [-0.39, 0.29) is 31.9 Å². The molecule has 0 atom stereocenters. The number of nitrogens with zero attached hydrogens (tertiary/aromatic N) is 3. The van der Waals surface area contributed by atoms with Crippen LogP contribution in [0.2, 0.25) is 0 Å². The molecule has 10 rings (SSSR count). The van der Waals surface area contributed by atoms with E-state index in [1.54, 1.807) is 11.8 Å². The second-order valence-corrected chi connectivity index (χ2v) is 21.4. The molecule has 1 aliphatic heterocycles. The fourth-order valence-electron chi connectivity index (χ4n) is 10.0. The standard InChI is InChI=1S/C64H57N3OS.Pt/c1-42-35-43(2)61(44(3)36-42)46-37-45(57-41-52(32-34-65-57)67(50-28-24-47(25-29-50)62(4,5)6)51-30-26-48(27-31-51)63(7,8)9)38-54(39-46)68-53-18-16-17-49(40-53)64(60-23-14-15-33-66-60)55-19-10-12-21-58(55)69-59-22-13-11-20-56(59)64;/h10-37,39,41H,1-9H3;/q-2;+2. The normalized spacial score (nSPS) is 12.9. The minimum Gasteiger partial charge on any atom is -0.503 e. The Hall–Kier alpha value is -6.52. The van der Waals surface area contributed by atoms with Crippen LogP contribution in [0.25, 0.3) is 22.4 Å². The average molecular weight is 1110 g/mol. The topological polar surface area (TPSA) is 38.2 Å². The van der Waals surface area contributed by atoms with Gasteiger partial charge < -0.3 is 14.6 Å². The minimum absolute atomic E-state index is 0. The van der Waals surface area contributed by atoms with Crippen molar-refractivity contribution in [1.29, 1.82) is 0 Å². The number of ether oxygens (including phenoxy) is 1. The molecule has 7 aromatic carbocycles. The molecule has 0 saturated heterocycles. The monoisotopic (exact) mass is 1110 g/mol. The van der Waals surface area contributed by atoms with E-state index in [1.807, 2.05) is 24.5 Å². The van der Waals surface area contributed by atoms with E-state index in [2.05, 4.69) is 237 Å². The Morgan fingerprint density at radius 2 is 1.11 bits per heavy atom. The molecule has 3 heterocycles.